The molecule has 3 aromatic carbocycles. The van der Waals surface area contributed by atoms with E-state index in [0.717, 1.165) is 50.7 Å². The first kappa shape index (κ1) is 21.9. The quantitative estimate of drug-likeness (QED) is 0.531. The molecule has 0 aliphatic rings. The van der Waals surface area contributed by atoms with Crippen molar-refractivity contribution >= 4 is 43.2 Å². The second kappa shape index (κ2) is 8.93. The Balaban J connectivity index is 1.93. The van der Waals surface area contributed by atoms with E-state index in [1.54, 1.807) is 18.2 Å². The topological polar surface area (TPSA) is 66.5 Å². The van der Waals surface area contributed by atoms with Gasteiger partial charge in [0.1, 0.15) is 18.2 Å². The monoisotopic (exact) mass is 494 g/mol. The van der Waals surface area contributed by atoms with Crippen molar-refractivity contribution in [2.45, 2.75) is 11.8 Å². The van der Waals surface area contributed by atoms with Gasteiger partial charge in [-0.2, -0.15) is 0 Å². The fourth-order valence-electron chi connectivity index (χ4n) is 2.71. The number of hydrogen-bond donors (Lipinski definition) is 1. The molecule has 3 rings (SSSR count). The van der Waals surface area contributed by atoms with Gasteiger partial charge in [-0.05, 0) is 79.2 Å². The molecule has 0 heterocycles. The first-order chi connectivity index (χ1) is 14.2. The molecule has 30 heavy (non-hydrogen) atoms. The molecule has 0 saturated heterocycles. The number of aryl methyl sites for hydroxylation is 1. The van der Waals surface area contributed by atoms with E-state index in [4.69, 9.17) is 0 Å². The molecule has 0 saturated carbocycles. The van der Waals surface area contributed by atoms with Gasteiger partial charge < -0.3 is 5.32 Å². The lowest BCUT2D eigenvalue weighted by Crippen LogP contribution is -2.38. The molecular weight excluding hydrogens is 478 g/mol. The first-order valence-electron chi connectivity index (χ1n) is 8.77. The second-order valence-electron chi connectivity index (χ2n) is 6.45. The number of rotatable bonds is 6. The third-order valence-electron chi connectivity index (χ3n) is 4.25. The van der Waals surface area contributed by atoms with E-state index < -0.39 is 34.1 Å². The Morgan fingerprint density at radius 2 is 1.53 bits per heavy atom. The zero-order chi connectivity index (χ0) is 21.9. The summed E-state index contributed by atoms with van der Waals surface area (Å²) >= 11 is 3.37. The predicted molar refractivity (Wildman–Crippen MR) is 115 cm³/mol. The molecule has 9 heteroatoms. The van der Waals surface area contributed by atoms with E-state index in [-0.39, 0.29) is 10.6 Å². The Kier molecular flexibility index (Phi) is 6.52. The largest absolute Gasteiger partial charge is 0.325 e. The lowest BCUT2D eigenvalue weighted by atomic mass is 10.2. The highest BCUT2D eigenvalue weighted by molar-refractivity contribution is 9.10. The number of anilines is 2. The van der Waals surface area contributed by atoms with Crippen LogP contribution >= 0.6 is 15.9 Å². The highest BCUT2D eigenvalue weighted by atomic mass is 79.9. The number of amides is 1. The maximum absolute atomic E-state index is 13.3. The van der Waals surface area contributed by atoms with Crippen molar-refractivity contribution in [3.05, 3.63) is 88.4 Å². The van der Waals surface area contributed by atoms with Crippen LogP contribution in [0.1, 0.15) is 5.56 Å². The Labute approximate surface area is 181 Å². The van der Waals surface area contributed by atoms with E-state index in [1.807, 2.05) is 6.92 Å². The van der Waals surface area contributed by atoms with Gasteiger partial charge in [0.2, 0.25) is 5.91 Å². The van der Waals surface area contributed by atoms with Crippen LogP contribution in [0.25, 0.3) is 0 Å². The predicted octanol–water partition coefficient (Wildman–Crippen LogP) is 4.87. The average Bonchev–Trinajstić information content (AvgIpc) is 2.70. The van der Waals surface area contributed by atoms with Crippen LogP contribution in [-0.4, -0.2) is 20.9 Å². The molecule has 3 aromatic rings. The van der Waals surface area contributed by atoms with Crippen molar-refractivity contribution in [3.63, 3.8) is 0 Å². The molecule has 0 radical (unpaired) electrons. The minimum atomic E-state index is -4.21. The molecule has 0 unspecified atom stereocenters. The number of sulfonamides is 1. The smallest absolute Gasteiger partial charge is 0.264 e. The third kappa shape index (κ3) is 5.03. The number of benzene rings is 3. The van der Waals surface area contributed by atoms with Gasteiger partial charge in [-0.15, -0.1) is 0 Å². The molecule has 0 bridgehead atoms. The Bertz CT molecular complexity index is 1170. The summed E-state index contributed by atoms with van der Waals surface area (Å²) in [5.74, 6) is -1.73. The third-order valence-corrected chi connectivity index (χ3v) is 6.92. The summed E-state index contributed by atoms with van der Waals surface area (Å²) in [6.07, 6.45) is 0. The van der Waals surface area contributed by atoms with Gasteiger partial charge in [0, 0.05) is 10.2 Å². The SMILES string of the molecule is Cc1cc(NC(=O)CN(c2ccc(F)cc2)S(=O)(=O)c2ccc(F)cc2)ccc1Br. The minimum absolute atomic E-state index is 0.0999. The number of nitrogens with one attached hydrogen (secondary N) is 1. The molecule has 1 amide bonds. The van der Waals surface area contributed by atoms with Crippen molar-refractivity contribution < 1.29 is 22.0 Å². The maximum Gasteiger partial charge on any atom is 0.264 e. The van der Waals surface area contributed by atoms with E-state index in [1.165, 1.54) is 12.1 Å². The zero-order valence-electron chi connectivity index (χ0n) is 15.8. The van der Waals surface area contributed by atoms with Crippen LogP contribution in [-0.2, 0) is 14.8 Å². The highest BCUT2D eigenvalue weighted by Crippen LogP contribution is 2.25. The minimum Gasteiger partial charge on any atom is -0.325 e. The average molecular weight is 495 g/mol. The lowest BCUT2D eigenvalue weighted by Gasteiger charge is -2.24. The summed E-state index contributed by atoms with van der Waals surface area (Å²) in [5.41, 5.74) is 1.49. The van der Waals surface area contributed by atoms with Gasteiger partial charge in [-0.25, -0.2) is 17.2 Å². The van der Waals surface area contributed by atoms with Crippen molar-refractivity contribution in [1.82, 2.24) is 0 Å². The molecule has 0 aromatic heterocycles. The number of nitrogens with zero attached hydrogens (tertiary/aromatic N) is 1. The summed E-state index contributed by atoms with van der Waals surface area (Å²) < 4.78 is 54.6. The molecule has 5 nitrogen and oxygen atoms in total. The van der Waals surface area contributed by atoms with Crippen LogP contribution in [0.4, 0.5) is 20.2 Å². The summed E-state index contributed by atoms with van der Waals surface area (Å²) in [5, 5.41) is 2.65. The van der Waals surface area contributed by atoms with Crippen LogP contribution in [0.2, 0.25) is 0 Å². The summed E-state index contributed by atoms with van der Waals surface area (Å²) in [4.78, 5) is 12.4. The normalized spacial score (nSPS) is 11.2. The van der Waals surface area contributed by atoms with Crippen LogP contribution in [0, 0.1) is 18.6 Å². The Morgan fingerprint density at radius 3 is 2.10 bits per heavy atom. The van der Waals surface area contributed by atoms with Crippen LogP contribution in [0.5, 0.6) is 0 Å². The van der Waals surface area contributed by atoms with Gasteiger partial charge in [-0.1, -0.05) is 15.9 Å². The summed E-state index contributed by atoms with van der Waals surface area (Å²) in [7, 11) is -4.21. The van der Waals surface area contributed by atoms with Gasteiger partial charge >= 0.3 is 0 Å². The number of carbonyl (C=O) groups is 1. The van der Waals surface area contributed by atoms with E-state index >= 15 is 0 Å². The molecule has 0 fully saturated rings. The fraction of sp³-hybridized carbons (Fsp3) is 0.0952. The van der Waals surface area contributed by atoms with Crippen molar-refractivity contribution in [1.29, 1.82) is 0 Å². The standard InChI is InChI=1S/C21H17BrF2N2O3S/c1-14-12-17(6-11-20(14)22)25-21(27)13-26(18-7-2-15(23)3-8-18)30(28,29)19-9-4-16(24)5-10-19/h2-12H,13H2,1H3,(H,25,27). The Hall–Kier alpha value is -2.78. The van der Waals surface area contributed by atoms with Crippen molar-refractivity contribution in [3.8, 4) is 0 Å². The zero-order valence-corrected chi connectivity index (χ0v) is 18.2. The molecule has 0 atom stereocenters. The molecule has 1 N–H and O–H groups in total. The number of hydrogen-bond acceptors (Lipinski definition) is 3. The highest BCUT2D eigenvalue weighted by Gasteiger charge is 2.27. The van der Waals surface area contributed by atoms with Crippen molar-refractivity contribution in [2.75, 3.05) is 16.2 Å². The van der Waals surface area contributed by atoms with Gasteiger partial charge in [0.15, 0.2) is 0 Å². The fourth-order valence-corrected chi connectivity index (χ4v) is 4.38. The van der Waals surface area contributed by atoms with Gasteiger partial charge in [-0.3, -0.25) is 9.10 Å². The molecule has 0 aliphatic heterocycles. The number of halogens is 3. The maximum atomic E-state index is 13.3. The Morgan fingerprint density at radius 1 is 0.967 bits per heavy atom. The first-order valence-corrected chi connectivity index (χ1v) is 11.0. The molecule has 0 aliphatic carbocycles. The summed E-state index contributed by atoms with van der Waals surface area (Å²) in [6.45, 7) is 1.30. The number of carbonyl (C=O) groups excluding carboxylic acids is 1. The van der Waals surface area contributed by atoms with Gasteiger partial charge in [0.25, 0.3) is 10.0 Å². The van der Waals surface area contributed by atoms with E-state index in [2.05, 4.69) is 21.2 Å². The van der Waals surface area contributed by atoms with Crippen molar-refractivity contribution in [2.24, 2.45) is 0 Å². The summed E-state index contributed by atoms with van der Waals surface area (Å²) in [6, 6.07) is 14.1. The van der Waals surface area contributed by atoms with Crippen LogP contribution in [0.3, 0.4) is 0 Å². The second-order valence-corrected chi connectivity index (χ2v) is 9.17. The molecular formula is C21H17BrF2N2O3S. The van der Waals surface area contributed by atoms with Crippen LogP contribution < -0.4 is 9.62 Å². The lowest BCUT2D eigenvalue weighted by molar-refractivity contribution is -0.114. The van der Waals surface area contributed by atoms with Crippen LogP contribution in [0.15, 0.2) is 76.1 Å². The molecule has 156 valence electrons. The van der Waals surface area contributed by atoms with Gasteiger partial charge in [0.05, 0.1) is 10.6 Å². The van der Waals surface area contributed by atoms with E-state index in [0.29, 0.717) is 5.69 Å². The molecule has 0 spiro atoms. The van der Waals surface area contributed by atoms with E-state index in [9.17, 15) is 22.0 Å².